The minimum atomic E-state index is 0.351. The maximum absolute atomic E-state index is 9.70. The molecular formula is C22H23N7O2. The highest BCUT2D eigenvalue weighted by Crippen LogP contribution is 2.29. The molecule has 0 unspecified atom stereocenters. The van der Waals surface area contributed by atoms with Crippen LogP contribution in [0.2, 0.25) is 0 Å². The zero-order valence-electron chi connectivity index (χ0n) is 17.6. The first-order valence-corrected chi connectivity index (χ1v) is 10.3. The lowest BCUT2D eigenvalue weighted by Crippen LogP contribution is -2.46. The van der Waals surface area contributed by atoms with Gasteiger partial charge in [-0.05, 0) is 30.7 Å². The van der Waals surface area contributed by atoms with Gasteiger partial charge >= 0.3 is 0 Å². The largest absolute Gasteiger partial charge is 0.377 e. The molecule has 4 heterocycles. The third kappa shape index (κ3) is 3.50. The van der Waals surface area contributed by atoms with Gasteiger partial charge in [0, 0.05) is 33.3 Å². The van der Waals surface area contributed by atoms with Gasteiger partial charge in [0.2, 0.25) is 5.89 Å². The second-order valence-electron chi connectivity index (χ2n) is 7.73. The molecule has 0 radical (unpaired) electrons. The fraction of sp³-hybridized carbons (Fsp3) is 0.364. The summed E-state index contributed by atoms with van der Waals surface area (Å²) in [6.07, 6.45) is 0. The quantitative estimate of drug-likeness (QED) is 0.489. The Hall–Kier alpha value is -3.48. The van der Waals surface area contributed by atoms with Crippen molar-refractivity contribution in [3.8, 4) is 6.07 Å². The molecule has 0 atom stereocenters. The SMILES string of the molecule is COCc1noc(CN2CCN(c3cc(C)c(C#N)c4nc5ccccc5n34)CC2)n1. The van der Waals surface area contributed by atoms with Crippen molar-refractivity contribution in [1.82, 2.24) is 24.4 Å². The van der Waals surface area contributed by atoms with E-state index in [-0.39, 0.29) is 0 Å². The van der Waals surface area contributed by atoms with Crippen LogP contribution in [0.15, 0.2) is 34.9 Å². The summed E-state index contributed by atoms with van der Waals surface area (Å²) in [5, 5.41) is 13.6. The number of nitrogens with zero attached hydrogens (tertiary/aromatic N) is 7. The first-order chi connectivity index (χ1) is 15.2. The van der Waals surface area contributed by atoms with Crippen LogP contribution in [0.1, 0.15) is 22.8 Å². The molecule has 1 saturated heterocycles. The zero-order chi connectivity index (χ0) is 21.4. The summed E-state index contributed by atoms with van der Waals surface area (Å²) in [7, 11) is 1.61. The third-order valence-electron chi connectivity index (χ3n) is 5.70. The number of fused-ring (bicyclic) bond motifs is 3. The molecule has 9 heteroatoms. The number of ether oxygens (including phenoxy) is 1. The van der Waals surface area contributed by atoms with Crippen LogP contribution < -0.4 is 4.90 Å². The van der Waals surface area contributed by atoms with Crippen molar-refractivity contribution in [1.29, 1.82) is 5.26 Å². The Labute approximate surface area is 179 Å². The molecule has 1 aliphatic rings. The van der Waals surface area contributed by atoms with Gasteiger partial charge in [-0.25, -0.2) is 4.98 Å². The monoisotopic (exact) mass is 417 g/mol. The van der Waals surface area contributed by atoms with Gasteiger partial charge in [-0.3, -0.25) is 9.30 Å². The van der Waals surface area contributed by atoms with E-state index < -0.39 is 0 Å². The number of aryl methyl sites for hydroxylation is 1. The Morgan fingerprint density at radius 1 is 1.16 bits per heavy atom. The van der Waals surface area contributed by atoms with Gasteiger partial charge in [0.15, 0.2) is 11.5 Å². The maximum atomic E-state index is 9.70. The van der Waals surface area contributed by atoms with Crippen molar-refractivity contribution < 1.29 is 9.26 Å². The summed E-state index contributed by atoms with van der Waals surface area (Å²) in [5.74, 6) is 2.25. The van der Waals surface area contributed by atoms with Gasteiger partial charge in [0.05, 0.1) is 23.1 Å². The number of rotatable bonds is 5. The van der Waals surface area contributed by atoms with Crippen molar-refractivity contribution in [3.05, 3.63) is 53.2 Å². The summed E-state index contributed by atoms with van der Waals surface area (Å²) in [6, 6.07) is 12.5. The number of pyridine rings is 1. The van der Waals surface area contributed by atoms with E-state index in [0.717, 1.165) is 54.2 Å². The average Bonchev–Trinajstić information content (AvgIpc) is 3.38. The van der Waals surface area contributed by atoms with Crippen LogP contribution >= 0.6 is 0 Å². The van der Waals surface area contributed by atoms with Crippen LogP contribution in [0.5, 0.6) is 0 Å². The van der Waals surface area contributed by atoms with E-state index >= 15 is 0 Å². The van der Waals surface area contributed by atoms with E-state index in [0.29, 0.717) is 30.4 Å². The van der Waals surface area contributed by atoms with E-state index in [1.807, 2.05) is 25.1 Å². The van der Waals surface area contributed by atoms with Gasteiger partial charge in [-0.1, -0.05) is 17.3 Å². The standard InChI is InChI=1S/C22H23N7O2/c1-15-11-21(29-18-6-4-3-5-17(18)24-22(29)16(15)12-23)28-9-7-27(8-10-28)13-20-25-19(14-30-2)26-31-20/h3-6,11H,7-10,13-14H2,1-2H3. The number of imidazole rings is 1. The predicted octanol–water partition coefficient (Wildman–Crippen LogP) is 2.52. The molecule has 0 N–H and O–H groups in total. The number of piperazine rings is 1. The number of aromatic nitrogens is 4. The van der Waals surface area contributed by atoms with Gasteiger partial charge in [-0.2, -0.15) is 10.2 Å². The van der Waals surface area contributed by atoms with Crippen molar-refractivity contribution >= 4 is 22.5 Å². The number of anilines is 1. The van der Waals surface area contributed by atoms with E-state index in [1.165, 1.54) is 0 Å². The predicted molar refractivity (Wildman–Crippen MR) is 115 cm³/mol. The second kappa shape index (κ2) is 7.98. The minimum Gasteiger partial charge on any atom is -0.377 e. The smallest absolute Gasteiger partial charge is 0.240 e. The van der Waals surface area contributed by atoms with Crippen molar-refractivity contribution in [3.63, 3.8) is 0 Å². The molecule has 5 rings (SSSR count). The van der Waals surface area contributed by atoms with E-state index in [2.05, 4.69) is 42.5 Å². The second-order valence-corrected chi connectivity index (χ2v) is 7.73. The fourth-order valence-corrected chi connectivity index (χ4v) is 4.17. The molecule has 1 aromatic carbocycles. The van der Waals surface area contributed by atoms with Crippen LogP contribution in [0.3, 0.4) is 0 Å². The molecule has 0 bridgehead atoms. The molecule has 1 aliphatic heterocycles. The average molecular weight is 417 g/mol. The topological polar surface area (TPSA) is 95.7 Å². The summed E-state index contributed by atoms with van der Waals surface area (Å²) in [4.78, 5) is 13.8. The highest BCUT2D eigenvalue weighted by atomic mass is 16.5. The van der Waals surface area contributed by atoms with Gasteiger partial charge in [-0.15, -0.1) is 0 Å². The molecular weight excluding hydrogens is 394 g/mol. The summed E-state index contributed by atoms with van der Waals surface area (Å²) < 4.78 is 12.5. The lowest BCUT2D eigenvalue weighted by Gasteiger charge is -2.35. The summed E-state index contributed by atoms with van der Waals surface area (Å²) in [6.45, 7) is 6.40. The first kappa shape index (κ1) is 19.5. The highest BCUT2D eigenvalue weighted by molar-refractivity contribution is 5.85. The Morgan fingerprint density at radius 3 is 2.74 bits per heavy atom. The molecule has 158 valence electrons. The summed E-state index contributed by atoms with van der Waals surface area (Å²) >= 11 is 0. The lowest BCUT2D eigenvalue weighted by atomic mass is 10.1. The van der Waals surface area contributed by atoms with Crippen LogP contribution in [-0.4, -0.2) is 57.7 Å². The van der Waals surface area contributed by atoms with Crippen LogP contribution in [0, 0.1) is 18.3 Å². The van der Waals surface area contributed by atoms with Crippen molar-refractivity contribution in [2.24, 2.45) is 0 Å². The molecule has 0 spiro atoms. The number of nitriles is 1. The van der Waals surface area contributed by atoms with E-state index in [9.17, 15) is 5.26 Å². The zero-order valence-corrected chi connectivity index (χ0v) is 17.6. The fourth-order valence-electron chi connectivity index (χ4n) is 4.17. The number of benzene rings is 1. The number of hydrogen-bond donors (Lipinski definition) is 0. The molecule has 0 aliphatic carbocycles. The highest BCUT2D eigenvalue weighted by Gasteiger charge is 2.23. The Kier molecular flexibility index (Phi) is 5.02. The molecule has 31 heavy (non-hydrogen) atoms. The van der Waals surface area contributed by atoms with E-state index in [4.69, 9.17) is 14.2 Å². The molecule has 1 fully saturated rings. The third-order valence-corrected chi connectivity index (χ3v) is 5.70. The maximum Gasteiger partial charge on any atom is 0.240 e. The molecule has 0 amide bonds. The van der Waals surface area contributed by atoms with Crippen molar-refractivity contribution in [2.45, 2.75) is 20.1 Å². The first-order valence-electron chi connectivity index (χ1n) is 10.3. The van der Waals surface area contributed by atoms with Gasteiger partial charge in [0.1, 0.15) is 18.5 Å². The minimum absolute atomic E-state index is 0.351. The molecule has 3 aromatic heterocycles. The van der Waals surface area contributed by atoms with E-state index in [1.54, 1.807) is 7.11 Å². The number of para-hydroxylation sites is 2. The van der Waals surface area contributed by atoms with Crippen LogP contribution in [0.25, 0.3) is 16.7 Å². The Morgan fingerprint density at radius 2 is 1.97 bits per heavy atom. The van der Waals surface area contributed by atoms with Gasteiger partial charge < -0.3 is 14.2 Å². The van der Waals surface area contributed by atoms with Gasteiger partial charge in [0.25, 0.3) is 0 Å². The number of hydrogen-bond acceptors (Lipinski definition) is 8. The lowest BCUT2D eigenvalue weighted by molar-refractivity contribution is 0.174. The van der Waals surface area contributed by atoms with Crippen LogP contribution in [0.4, 0.5) is 5.82 Å². The normalized spacial score (nSPS) is 15.1. The molecule has 0 saturated carbocycles. The Bertz CT molecular complexity index is 1280. The number of methoxy groups -OCH3 is 1. The van der Waals surface area contributed by atoms with Crippen LogP contribution in [-0.2, 0) is 17.9 Å². The molecule has 4 aromatic rings. The van der Waals surface area contributed by atoms with Crippen molar-refractivity contribution in [2.75, 3.05) is 38.2 Å². The molecule has 9 nitrogen and oxygen atoms in total. The Balaban J connectivity index is 1.41. The summed E-state index contributed by atoms with van der Waals surface area (Å²) in [5.41, 5.74) is 4.20.